The van der Waals surface area contributed by atoms with E-state index in [0.29, 0.717) is 18.9 Å². The molecular formula is C25H42IN5O2. The lowest BCUT2D eigenvalue weighted by molar-refractivity contribution is -0.130. The molecule has 2 fully saturated rings. The van der Waals surface area contributed by atoms with Crippen LogP contribution in [0.15, 0.2) is 29.3 Å². The van der Waals surface area contributed by atoms with Crippen molar-refractivity contribution in [1.82, 2.24) is 20.4 Å². The first-order valence-corrected chi connectivity index (χ1v) is 12.4. The lowest BCUT2D eigenvalue weighted by atomic mass is 10.1. The van der Waals surface area contributed by atoms with Gasteiger partial charge in [-0.25, -0.2) is 0 Å². The maximum absolute atomic E-state index is 12.2. The van der Waals surface area contributed by atoms with Crippen molar-refractivity contribution in [2.24, 2.45) is 4.99 Å². The minimum absolute atomic E-state index is 0. The molecule has 8 heteroatoms. The van der Waals surface area contributed by atoms with E-state index >= 15 is 0 Å². The lowest BCUT2D eigenvalue weighted by Crippen LogP contribution is -2.40. The van der Waals surface area contributed by atoms with Gasteiger partial charge in [0.25, 0.3) is 0 Å². The number of ether oxygens (including phenoxy) is 1. The minimum Gasteiger partial charge on any atom is -0.497 e. The van der Waals surface area contributed by atoms with Crippen LogP contribution >= 0.6 is 24.0 Å². The van der Waals surface area contributed by atoms with Gasteiger partial charge in [-0.05, 0) is 69.8 Å². The first-order chi connectivity index (χ1) is 15.7. The number of hydrogen-bond donors (Lipinski definition) is 2. The Hall–Kier alpha value is -1.55. The highest BCUT2D eigenvalue weighted by Crippen LogP contribution is 2.27. The Morgan fingerprint density at radius 3 is 2.48 bits per heavy atom. The van der Waals surface area contributed by atoms with E-state index in [1.54, 1.807) is 7.11 Å². The third-order valence-corrected chi connectivity index (χ3v) is 6.42. The van der Waals surface area contributed by atoms with Gasteiger partial charge in [0.2, 0.25) is 5.91 Å². The van der Waals surface area contributed by atoms with Gasteiger partial charge in [0.15, 0.2) is 5.96 Å². The van der Waals surface area contributed by atoms with Crippen molar-refractivity contribution in [3.63, 3.8) is 0 Å². The lowest BCUT2D eigenvalue weighted by Gasteiger charge is -2.27. The normalized spacial score (nSPS) is 18.4. The fraction of sp³-hybridized carbons (Fsp3) is 0.680. The van der Waals surface area contributed by atoms with Gasteiger partial charge in [0.05, 0.1) is 19.7 Å². The Labute approximate surface area is 216 Å². The van der Waals surface area contributed by atoms with Crippen LogP contribution < -0.4 is 15.4 Å². The molecule has 2 aliphatic rings. The zero-order chi connectivity index (χ0) is 22.6. The number of rotatable bonds is 10. The molecule has 1 unspecified atom stereocenters. The molecular weight excluding hydrogens is 529 g/mol. The van der Waals surface area contributed by atoms with E-state index in [1.165, 1.54) is 24.8 Å². The van der Waals surface area contributed by atoms with Crippen LogP contribution in [0.1, 0.15) is 63.5 Å². The summed E-state index contributed by atoms with van der Waals surface area (Å²) >= 11 is 0. The second-order valence-electron chi connectivity index (χ2n) is 8.72. The summed E-state index contributed by atoms with van der Waals surface area (Å²) in [5.41, 5.74) is 1.28. The molecule has 2 heterocycles. The second kappa shape index (κ2) is 15.4. The third kappa shape index (κ3) is 8.96. The predicted molar refractivity (Wildman–Crippen MR) is 146 cm³/mol. The van der Waals surface area contributed by atoms with Gasteiger partial charge in [0, 0.05) is 32.6 Å². The molecule has 2 N–H and O–H groups in total. The van der Waals surface area contributed by atoms with E-state index in [1.807, 2.05) is 17.0 Å². The Balaban J connectivity index is 0.00000385. The summed E-state index contributed by atoms with van der Waals surface area (Å²) in [6, 6.07) is 8.67. The number of benzene rings is 1. The monoisotopic (exact) mass is 571 g/mol. The summed E-state index contributed by atoms with van der Waals surface area (Å²) < 4.78 is 5.33. The van der Waals surface area contributed by atoms with Crippen molar-refractivity contribution in [2.45, 2.75) is 57.9 Å². The Morgan fingerprint density at radius 2 is 1.79 bits per heavy atom. The smallest absolute Gasteiger partial charge is 0.222 e. The van der Waals surface area contributed by atoms with Crippen molar-refractivity contribution in [3.05, 3.63) is 29.8 Å². The molecule has 2 saturated heterocycles. The van der Waals surface area contributed by atoms with Crippen LogP contribution in [0.5, 0.6) is 5.75 Å². The number of likely N-dealkylation sites (tertiary alicyclic amines) is 2. The van der Waals surface area contributed by atoms with Gasteiger partial charge >= 0.3 is 0 Å². The fourth-order valence-electron chi connectivity index (χ4n) is 4.58. The maximum Gasteiger partial charge on any atom is 0.222 e. The number of aliphatic imine (C=N–C) groups is 1. The molecule has 0 spiro atoms. The van der Waals surface area contributed by atoms with Gasteiger partial charge in [-0.1, -0.05) is 18.6 Å². The molecule has 2 aliphatic heterocycles. The van der Waals surface area contributed by atoms with Crippen LogP contribution in [0.4, 0.5) is 0 Å². The van der Waals surface area contributed by atoms with Crippen LogP contribution in [-0.2, 0) is 4.79 Å². The molecule has 1 aromatic rings. The molecule has 33 heavy (non-hydrogen) atoms. The van der Waals surface area contributed by atoms with Crippen molar-refractivity contribution in [3.8, 4) is 5.75 Å². The summed E-state index contributed by atoms with van der Waals surface area (Å²) in [5.74, 6) is 2.05. The average Bonchev–Trinajstić information content (AvgIpc) is 3.27. The molecule has 1 atom stereocenters. The van der Waals surface area contributed by atoms with E-state index in [4.69, 9.17) is 9.73 Å². The summed E-state index contributed by atoms with van der Waals surface area (Å²) in [6.07, 6.45) is 7.49. The third-order valence-electron chi connectivity index (χ3n) is 6.42. The summed E-state index contributed by atoms with van der Waals surface area (Å²) in [5, 5.41) is 6.84. The molecule has 0 aromatic heterocycles. The maximum atomic E-state index is 12.2. The van der Waals surface area contributed by atoms with Crippen molar-refractivity contribution in [2.75, 3.05) is 52.9 Å². The fourth-order valence-corrected chi connectivity index (χ4v) is 4.58. The van der Waals surface area contributed by atoms with Crippen LogP contribution in [-0.4, -0.2) is 74.6 Å². The molecule has 186 valence electrons. The van der Waals surface area contributed by atoms with Gasteiger partial charge in [0.1, 0.15) is 5.75 Å². The highest BCUT2D eigenvalue weighted by Gasteiger charge is 2.23. The first-order valence-electron chi connectivity index (χ1n) is 12.4. The van der Waals surface area contributed by atoms with E-state index in [-0.39, 0.29) is 30.0 Å². The minimum atomic E-state index is 0. The number of halogens is 1. The number of carbonyl (C=O) groups is 1. The van der Waals surface area contributed by atoms with Gasteiger partial charge in [-0.3, -0.25) is 14.7 Å². The largest absolute Gasteiger partial charge is 0.497 e. The highest BCUT2D eigenvalue weighted by molar-refractivity contribution is 14.0. The number of nitrogens with zero attached hydrogens (tertiary/aromatic N) is 3. The standard InChI is InChI=1S/C25H41N5O2.HI/c1-3-26-25(27-15-9-19-30-18-6-4-5-10-24(30)31)28-20-23(29-16-7-8-17-29)21-11-13-22(32-2)14-12-21;/h11-14,23H,3-10,15-20H2,1-2H3,(H2,26,27,28);1H. The van der Waals surface area contributed by atoms with Crippen LogP contribution in [0.3, 0.4) is 0 Å². The number of methoxy groups -OCH3 is 1. The molecule has 0 saturated carbocycles. The second-order valence-corrected chi connectivity index (χ2v) is 8.72. The topological polar surface area (TPSA) is 69.2 Å². The van der Waals surface area contributed by atoms with Crippen molar-refractivity contribution < 1.29 is 9.53 Å². The number of nitrogens with one attached hydrogen (secondary N) is 2. The zero-order valence-electron chi connectivity index (χ0n) is 20.4. The first kappa shape index (κ1) is 27.7. The van der Waals surface area contributed by atoms with Crippen LogP contribution in [0.2, 0.25) is 0 Å². The highest BCUT2D eigenvalue weighted by atomic mass is 127. The van der Waals surface area contributed by atoms with Crippen LogP contribution in [0.25, 0.3) is 0 Å². The quantitative estimate of drug-likeness (QED) is 0.194. The number of carbonyl (C=O) groups excluding carboxylic acids is 1. The van der Waals surface area contributed by atoms with E-state index in [0.717, 1.165) is 70.2 Å². The molecule has 0 bridgehead atoms. The van der Waals surface area contributed by atoms with Gasteiger partial charge in [-0.15, -0.1) is 24.0 Å². The predicted octanol–water partition coefficient (Wildman–Crippen LogP) is 3.80. The molecule has 0 radical (unpaired) electrons. The SMILES string of the molecule is CCNC(=NCC(c1ccc(OC)cc1)N1CCCC1)NCCCN1CCCCCC1=O.I. The molecule has 1 aromatic carbocycles. The van der Waals surface area contributed by atoms with Gasteiger partial charge in [-0.2, -0.15) is 0 Å². The Morgan fingerprint density at radius 1 is 1.06 bits per heavy atom. The van der Waals surface area contributed by atoms with Crippen LogP contribution in [0, 0.1) is 0 Å². The number of guanidine groups is 1. The number of hydrogen-bond acceptors (Lipinski definition) is 4. The van der Waals surface area contributed by atoms with E-state index < -0.39 is 0 Å². The Bertz CT molecular complexity index is 722. The Kier molecular flexibility index (Phi) is 12.9. The molecule has 0 aliphatic carbocycles. The molecule has 7 nitrogen and oxygen atoms in total. The van der Waals surface area contributed by atoms with Crippen molar-refractivity contribution in [1.29, 1.82) is 0 Å². The summed E-state index contributed by atoms with van der Waals surface area (Å²) in [6.45, 7) is 8.43. The molecule has 1 amide bonds. The summed E-state index contributed by atoms with van der Waals surface area (Å²) in [4.78, 5) is 21.7. The summed E-state index contributed by atoms with van der Waals surface area (Å²) in [7, 11) is 1.70. The van der Waals surface area contributed by atoms with Crippen molar-refractivity contribution >= 4 is 35.8 Å². The molecule has 3 rings (SSSR count). The average molecular weight is 572 g/mol. The van der Waals surface area contributed by atoms with E-state index in [9.17, 15) is 4.79 Å². The van der Waals surface area contributed by atoms with Gasteiger partial charge < -0.3 is 20.3 Å². The van der Waals surface area contributed by atoms with E-state index in [2.05, 4.69) is 34.6 Å². The zero-order valence-corrected chi connectivity index (χ0v) is 22.7. The number of amides is 1.